The first-order valence-corrected chi connectivity index (χ1v) is 7.40. The number of ether oxygens (including phenoxy) is 2. The van der Waals surface area contributed by atoms with E-state index in [1.54, 1.807) is 36.4 Å². The van der Waals surface area contributed by atoms with Gasteiger partial charge in [0.05, 0.1) is 31.2 Å². The Morgan fingerprint density at radius 2 is 1.64 bits per heavy atom. The van der Waals surface area contributed by atoms with Crippen molar-refractivity contribution < 1.29 is 23.9 Å². The number of esters is 1. The van der Waals surface area contributed by atoms with Crippen molar-refractivity contribution in [2.24, 2.45) is 0 Å². The van der Waals surface area contributed by atoms with Crippen molar-refractivity contribution in [3.8, 4) is 5.75 Å². The lowest BCUT2D eigenvalue weighted by atomic mass is 10.1. The maximum absolute atomic E-state index is 12.5. The quantitative estimate of drug-likeness (QED) is 0.815. The molecule has 0 fully saturated rings. The van der Waals surface area contributed by atoms with Gasteiger partial charge in [0.15, 0.2) is 0 Å². The largest absolute Gasteiger partial charge is 0.495 e. The first-order valence-electron chi connectivity index (χ1n) is 7.40. The molecule has 0 bridgehead atoms. The number of benzene rings is 2. The van der Waals surface area contributed by atoms with Crippen LogP contribution in [0.2, 0.25) is 0 Å². The molecule has 0 saturated carbocycles. The van der Waals surface area contributed by atoms with E-state index >= 15 is 0 Å². The molecule has 7 heteroatoms. The lowest BCUT2D eigenvalue weighted by molar-refractivity contribution is -0.114. The highest BCUT2D eigenvalue weighted by atomic mass is 16.5. The molecular formula is C18H18N2O5. The van der Waals surface area contributed by atoms with Gasteiger partial charge in [-0.2, -0.15) is 0 Å². The van der Waals surface area contributed by atoms with Crippen LogP contribution in [0.4, 0.5) is 11.4 Å². The summed E-state index contributed by atoms with van der Waals surface area (Å²) < 4.78 is 9.86. The average molecular weight is 342 g/mol. The fraction of sp³-hybridized carbons (Fsp3) is 0.167. The summed E-state index contributed by atoms with van der Waals surface area (Å²) in [6.45, 7) is 1.36. The summed E-state index contributed by atoms with van der Waals surface area (Å²) in [5, 5.41) is 5.27. The second-order valence-corrected chi connectivity index (χ2v) is 5.09. The number of carbonyl (C=O) groups excluding carboxylic acids is 3. The molecule has 0 spiro atoms. The number of carbonyl (C=O) groups is 3. The van der Waals surface area contributed by atoms with Gasteiger partial charge in [-0.15, -0.1) is 0 Å². The van der Waals surface area contributed by atoms with Crippen molar-refractivity contribution in [1.29, 1.82) is 0 Å². The summed E-state index contributed by atoms with van der Waals surface area (Å²) in [5.41, 5.74) is 1.25. The third kappa shape index (κ3) is 4.35. The minimum atomic E-state index is -0.551. The van der Waals surface area contributed by atoms with Crippen molar-refractivity contribution in [3.63, 3.8) is 0 Å². The van der Waals surface area contributed by atoms with Crippen molar-refractivity contribution in [3.05, 3.63) is 53.6 Å². The number of amides is 2. The molecule has 25 heavy (non-hydrogen) atoms. The first kappa shape index (κ1) is 18.0. The van der Waals surface area contributed by atoms with Crippen LogP contribution in [0.3, 0.4) is 0 Å². The number of hydrogen-bond acceptors (Lipinski definition) is 5. The zero-order valence-electron chi connectivity index (χ0n) is 14.1. The predicted molar refractivity (Wildman–Crippen MR) is 93.0 cm³/mol. The zero-order valence-corrected chi connectivity index (χ0v) is 14.1. The zero-order chi connectivity index (χ0) is 18.4. The standard InChI is InChI=1S/C18H18N2O5/c1-11(21)19-15-10-12(8-9-16(15)24-2)17(22)20-14-7-5-4-6-13(14)18(23)25-3/h4-10H,1-3H3,(H,19,21)(H,20,22). The molecule has 0 unspecified atom stereocenters. The molecule has 0 aliphatic rings. The Morgan fingerprint density at radius 3 is 2.28 bits per heavy atom. The number of para-hydroxylation sites is 1. The summed E-state index contributed by atoms with van der Waals surface area (Å²) in [4.78, 5) is 35.6. The number of hydrogen-bond donors (Lipinski definition) is 2. The van der Waals surface area contributed by atoms with E-state index in [1.807, 2.05) is 0 Å². The lowest BCUT2D eigenvalue weighted by Gasteiger charge is -2.12. The topological polar surface area (TPSA) is 93.7 Å². The van der Waals surface area contributed by atoms with Crippen LogP contribution in [0.15, 0.2) is 42.5 Å². The molecule has 0 aromatic heterocycles. The molecule has 0 aliphatic carbocycles. The third-order valence-electron chi connectivity index (χ3n) is 3.35. The van der Waals surface area contributed by atoms with Crippen LogP contribution in [0.1, 0.15) is 27.6 Å². The van der Waals surface area contributed by atoms with Crippen LogP contribution in [-0.4, -0.2) is 32.0 Å². The molecule has 2 rings (SSSR count). The Kier molecular flexibility index (Phi) is 5.73. The van der Waals surface area contributed by atoms with E-state index < -0.39 is 11.9 Å². The molecular weight excluding hydrogens is 324 g/mol. The molecule has 2 amide bonds. The normalized spacial score (nSPS) is 9.88. The molecule has 0 heterocycles. The van der Waals surface area contributed by atoms with Crippen LogP contribution in [0, 0.1) is 0 Å². The molecule has 0 saturated heterocycles. The summed E-state index contributed by atoms with van der Waals surface area (Å²) in [6, 6.07) is 11.1. The molecule has 2 N–H and O–H groups in total. The van der Waals surface area contributed by atoms with Gasteiger partial charge in [-0.25, -0.2) is 4.79 Å². The van der Waals surface area contributed by atoms with Crippen molar-refractivity contribution in [2.75, 3.05) is 24.9 Å². The van der Waals surface area contributed by atoms with Gasteiger partial charge in [-0.05, 0) is 30.3 Å². The number of methoxy groups -OCH3 is 2. The van der Waals surface area contributed by atoms with E-state index in [2.05, 4.69) is 10.6 Å². The summed E-state index contributed by atoms with van der Waals surface area (Å²) in [7, 11) is 2.73. The minimum Gasteiger partial charge on any atom is -0.495 e. The van der Waals surface area contributed by atoms with Gasteiger partial charge >= 0.3 is 5.97 Å². The maximum atomic E-state index is 12.5. The second-order valence-electron chi connectivity index (χ2n) is 5.09. The van der Waals surface area contributed by atoms with Crippen LogP contribution in [-0.2, 0) is 9.53 Å². The highest BCUT2D eigenvalue weighted by Gasteiger charge is 2.16. The molecule has 0 aliphatic heterocycles. The third-order valence-corrected chi connectivity index (χ3v) is 3.35. The summed E-state index contributed by atoms with van der Waals surface area (Å²) in [6.07, 6.45) is 0. The van der Waals surface area contributed by atoms with Crippen molar-refractivity contribution in [2.45, 2.75) is 6.92 Å². The SMILES string of the molecule is COC(=O)c1ccccc1NC(=O)c1ccc(OC)c(NC(C)=O)c1. The molecule has 7 nitrogen and oxygen atoms in total. The first-order chi connectivity index (χ1) is 12.0. The Morgan fingerprint density at radius 1 is 0.920 bits per heavy atom. The van der Waals surface area contributed by atoms with E-state index in [-0.39, 0.29) is 11.5 Å². The van der Waals surface area contributed by atoms with Crippen molar-refractivity contribution >= 4 is 29.2 Å². The maximum Gasteiger partial charge on any atom is 0.339 e. The number of anilines is 2. The Labute approximate surface area is 144 Å². The van der Waals surface area contributed by atoms with Gasteiger partial charge in [0, 0.05) is 12.5 Å². The Bertz CT molecular complexity index is 817. The monoisotopic (exact) mass is 342 g/mol. The second kappa shape index (κ2) is 7.96. The van der Waals surface area contributed by atoms with Crippen LogP contribution < -0.4 is 15.4 Å². The molecule has 2 aromatic rings. The van der Waals surface area contributed by atoms with Gasteiger partial charge < -0.3 is 20.1 Å². The highest BCUT2D eigenvalue weighted by Crippen LogP contribution is 2.26. The minimum absolute atomic E-state index is 0.244. The Balaban J connectivity index is 2.30. The lowest BCUT2D eigenvalue weighted by Crippen LogP contribution is -2.16. The highest BCUT2D eigenvalue weighted by molar-refractivity contribution is 6.08. The van der Waals surface area contributed by atoms with Gasteiger partial charge in [0.1, 0.15) is 5.75 Å². The van der Waals surface area contributed by atoms with Crippen LogP contribution >= 0.6 is 0 Å². The number of nitrogens with one attached hydrogen (secondary N) is 2. The molecule has 0 atom stereocenters. The molecule has 0 radical (unpaired) electrons. The van der Waals surface area contributed by atoms with E-state index in [4.69, 9.17) is 9.47 Å². The summed E-state index contributed by atoms with van der Waals surface area (Å²) >= 11 is 0. The molecule has 2 aromatic carbocycles. The number of rotatable bonds is 5. The fourth-order valence-corrected chi connectivity index (χ4v) is 2.21. The summed E-state index contributed by atoms with van der Waals surface area (Å²) in [5.74, 6) is -0.844. The van der Waals surface area contributed by atoms with Crippen LogP contribution in [0.5, 0.6) is 5.75 Å². The molecule has 130 valence electrons. The van der Waals surface area contributed by atoms with Gasteiger partial charge in [-0.3, -0.25) is 9.59 Å². The Hall–Kier alpha value is -3.35. The fourth-order valence-electron chi connectivity index (χ4n) is 2.21. The van der Waals surface area contributed by atoms with Gasteiger partial charge in [0.25, 0.3) is 5.91 Å². The van der Waals surface area contributed by atoms with Gasteiger partial charge in [0.2, 0.25) is 5.91 Å². The van der Waals surface area contributed by atoms with E-state index in [9.17, 15) is 14.4 Å². The van der Waals surface area contributed by atoms with E-state index in [1.165, 1.54) is 27.2 Å². The van der Waals surface area contributed by atoms with E-state index in [0.29, 0.717) is 22.7 Å². The van der Waals surface area contributed by atoms with Crippen molar-refractivity contribution in [1.82, 2.24) is 0 Å². The van der Waals surface area contributed by atoms with Gasteiger partial charge in [-0.1, -0.05) is 12.1 Å². The van der Waals surface area contributed by atoms with Crippen LogP contribution in [0.25, 0.3) is 0 Å². The smallest absolute Gasteiger partial charge is 0.339 e. The predicted octanol–water partition coefficient (Wildman–Crippen LogP) is 2.69. The average Bonchev–Trinajstić information content (AvgIpc) is 2.61. The van der Waals surface area contributed by atoms with E-state index in [0.717, 1.165) is 0 Å².